The van der Waals surface area contributed by atoms with E-state index < -0.39 is 0 Å². The molecule has 1 saturated heterocycles. The first-order valence-corrected chi connectivity index (χ1v) is 7.59. The molecule has 0 spiro atoms. The van der Waals surface area contributed by atoms with Gasteiger partial charge in [-0.25, -0.2) is 4.68 Å². The summed E-state index contributed by atoms with van der Waals surface area (Å²) in [7, 11) is 0. The van der Waals surface area contributed by atoms with E-state index in [2.05, 4.69) is 26.2 Å². The van der Waals surface area contributed by atoms with Gasteiger partial charge in [-0.1, -0.05) is 6.07 Å². The number of carbonyl (C=O) groups is 1. The molecule has 7 nitrogen and oxygen atoms in total. The zero-order chi connectivity index (χ0) is 15.4. The van der Waals surface area contributed by atoms with Crippen molar-refractivity contribution >= 4 is 11.6 Å². The number of benzene rings is 1. The first-order valence-electron chi connectivity index (χ1n) is 7.59. The summed E-state index contributed by atoms with van der Waals surface area (Å²) in [5.41, 5.74) is 2.67. The molecule has 2 N–H and O–H groups in total. The molecule has 3 rings (SSSR count). The van der Waals surface area contributed by atoms with Gasteiger partial charge >= 0.3 is 0 Å². The first kappa shape index (κ1) is 14.6. The molecule has 2 heterocycles. The summed E-state index contributed by atoms with van der Waals surface area (Å²) in [4.78, 5) is 12.1. The predicted octanol–water partition coefficient (Wildman–Crippen LogP) is 1.44. The molecule has 7 heteroatoms. The number of aryl methyl sites for hydroxylation is 1. The fraction of sp³-hybridized carbons (Fsp3) is 0.467. The van der Waals surface area contributed by atoms with Crippen LogP contribution < -0.4 is 10.6 Å². The van der Waals surface area contributed by atoms with E-state index in [4.69, 9.17) is 0 Å². The Labute approximate surface area is 129 Å². The molecule has 1 unspecified atom stereocenters. The number of hydrogen-bond donors (Lipinski definition) is 2. The van der Waals surface area contributed by atoms with Gasteiger partial charge in [-0.15, -0.1) is 5.10 Å². The van der Waals surface area contributed by atoms with E-state index in [1.54, 1.807) is 11.0 Å². The van der Waals surface area contributed by atoms with Crippen LogP contribution in [0.2, 0.25) is 0 Å². The fourth-order valence-electron chi connectivity index (χ4n) is 2.74. The molecule has 0 aliphatic carbocycles. The fourth-order valence-corrected chi connectivity index (χ4v) is 2.74. The summed E-state index contributed by atoms with van der Waals surface area (Å²) >= 11 is 0. The highest BCUT2D eigenvalue weighted by molar-refractivity contribution is 5.91. The smallest absolute Gasteiger partial charge is 0.224 e. The molecule has 1 fully saturated rings. The van der Waals surface area contributed by atoms with Gasteiger partial charge < -0.3 is 10.6 Å². The Bertz CT molecular complexity index is 633. The van der Waals surface area contributed by atoms with Gasteiger partial charge in [-0.2, -0.15) is 0 Å². The Morgan fingerprint density at radius 2 is 2.41 bits per heavy atom. The Hall–Kier alpha value is -2.28. The third kappa shape index (κ3) is 3.48. The standard InChI is InChI=1S/C15H20N6O/c1-11-4-5-13(9-14(11)21-10-17-19-20-21)18-15(22)7-6-12-3-2-8-16-12/h4-5,9-10,12,16H,2-3,6-8H2,1H3,(H,18,22). The molecule has 0 bridgehead atoms. The molecule has 1 aliphatic rings. The molecular formula is C15H20N6O. The van der Waals surface area contributed by atoms with Gasteiger partial charge in [0.1, 0.15) is 6.33 Å². The lowest BCUT2D eigenvalue weighted by Crippen LogP contribution is -2.23. The van der Waals surface area contributed by atoms with Crippen LogP contribution in [-0.4, -0.2) is 38.7 Å². The van der Waals surface area contributed by atoms with Gasteiger partial charge in [0, 0.05) is 18.2 Å². The number of hydrogen-bond acceptors (Lipinski definition) is 5. The van der Waals surface area contributed by atoms with E-state index in [1.807, 2.05) is 25.1 Å². The van der Waals surface area contributed by atoms with Gasteiger partial charge in [-0.05, 0) is 60.9 Å². The molecular weight excluding hydrogens is 280 g/mol. The molecule has 0 saturated carbocycles. The molecule has 2 aromatic rings. The number of nitrogens with one attached hydrogen (secondary N) is 2. The van der Waals surface area contributed by atoms with E-state index in [-0.39, 0.29) is 5.91 Å². The van der Waals surface area contributed by atoms with E-state index in [0.717, 1.165) is 29.9 Å². The zero-order valence-corrected chi connectivity index (χ0v) is 12.6. The van der Waals surface area contributed by atoms with Crippen molar-refractivity contribution in [3.8, 4) is 5.69 Å². The highest BCUT2D eigenvalue weighted by Gasteiger charge is 2.15. The molecule has 1 aromatic heterocycles. The minimum Gasteiger partial charge on any atom is -0.326 e. The highest BCUT2D eigenvalue weighted by atomic mass is 16.1. The SMILES string of the molecule is Cc1ccc(NC(=O)CCC2CCCN2)cc1-n1cnnn1. The quantitative estimate of drug-likeness (QED) is 0.873. The van der Waals surface area contributed by atoms with Crippen LogP contribution >= 0.6 is 0 Å². The molecule has 22 heavy (non-hydrogen) atoms. The van der Waals surface area contributed by atoms with E-state index in [0.29, 0.717) is 12.5 Å². The third-order valence-corrected chi connectivity index (χ3v) is 3.97. The average molecular weight is 300 g/mol. The van der Waals surface area contributed by atoms with Crippen molar-refractivity contribution in [3.05, 3.63) is 30.1 Å². The van der Waals surface area contributed by atoms with E-state index in [9.17, 15) is 4.79 Å². The lowest BCUT2D eigenvalue weighted by Gasteiger charge is -2.11. The first-order chi connectivity index (χ1) is 10.7. The van der Waals surface area contributed by atoms with E-state index >= 15 is 0 Å². The van der Waals surface area contributed by atoms with Gasteiger partial charge in [0.15, 0.2) is 0 Å². The minimum atomic E-state index is 0.0419. The summed E-state index contributed by atoms with van der Waals surface area (Å²) < 4.78 is 1.59. The van der Waals surface area contributed by atoms with Gasteiger partial charge in [0.25, 0.3) is 0 Å². The van der Waals surface area contributed by atoms with Crippen LogP contribution in [0.3, 0.4) is 0 Å². The maximum Gasteiger partial charge on any atom is 0.224 e. The number of carbonyl (C=O) groups excluding carboxylic acids is 1. The van der Waals surface area contributed by atoms with Crippen molar-refractivity contribution in [2.45, 2.75) is 38.6 Å². The van der Waals surface area contributed by atoms with Crippen molar-refractivity contribution in [2.75, 3.05) is 11.9 Å². The summed E-state index contributed by atoms with van der Waals surface area (Å²) in [6.07, 6.45) is 5.34. The minimum absolute atomic E-state index is 0.0419. The lowest BCUT2D eigenvalue weighted by molar-refractivity contribution is -0.116. The number of amides is 1. The van der Waals surface area contributed by atoms with Crippen LogP contribution in [0.25, 0.3) is 5.69 Å². The maximum absolute atomic E-state index is 12.1. The third-order valence-electron chi connectivity index (χ3n) is 3.97. The summed E-state index contributed by atoms with van der Waals surface area (Å²) in [5, 5.41) is 17.5. The van der Waals surface area contributed by atoms with Crippen molar-refractivity contribution < 1.29 is 4.79 Å². The topological polar surface area (TPSA) is 84.7 Å². The number of tetrazole rings is 1. The van der Waals surface area contributed by atoms with Crippen molar-refractivity contribution in [1.82, 2.24) is 25.5 Å². The summed E-state index contributed by atoms with van der Waals surface area (Å²) in [6, 6.07) is 6.22. The van der Waals surface area contributed by atoms with Crippen molar-refractivity contribution in [3.63, 3.8) is 0 Å². The molecule has 1 atom stereocenters. The summed E-state index contributed by atoms with van der Waals surface area (Å²) in [5.74, 6) is 0.0419. The zero-order valence-electron chi connectivity index (χ0n) is 12.6. The predicted molar refractivity (Wildman–Crippen MR) is 82.8 cm³/mol. The molecule has 116 valence electrons. The average Bonchev–Trinajstić information content (AvgIpc) is 3.20. The Morgan fingerprint density at radius 3 is 3.14 bits per heavy atom. The number of nitrogens with zero attached hydrogens (tertiary/aromatic N) is 4. The second-order valence-electron chi connectivity index (χ2n) is 5.64. The van der Waals surface area contributed by atoms with Gasteiger partial charge in [-0.3, -0.25) is 4.79 Å². The van der Waals surface area contributed by atoms with Crippen molar-refractivity contribution in [1.29, 1.82) is 0 Å². The van der Waals surface area contributed by atoms with Crippen LogP contribution in [0, 0.1) is 6.92 Å². The molecule has 0 radical (unpaired) electrons. The number of aromatic nitrogens is 4. The molecule has 1 amide bonds. The second kappa shape index (κ2) is 6.65. The van der Waals surface area contributed by atoms with Gasteiger partial charge in [0.2, 0.25) is 5.91 Å². The van der Waals surface area contributed by atoms with E-state index in [1.165, 1.54) is 12.8 Å². The van der Waals surface area contributed by atoms with Crippen LogP contribution in [0.5, 0.6) is 0 Å². The van der Waals surface area contributed by atoms with Crippen LogP contribution in [0.15, 0.2) is 24.5 Å². The van der Waals surface area contributed by atoms with Crippen LogP contribution in [-0.2, 0) is 4.79 Å². The van der Waals surface area contributed by atoms with Crippen molar-refractivity contribution in [2.24, 2.45) is 0 Å². The largest absolute Gasteiger partial charge is 0.326 e. The normalized spacial score (nSPS) is 17.6. The van der Waals surface area contributed by atoms with Gasteiger partial charge in [0.05, 0.1) is 5.69 Å². The monoisotopic (exact) mass is 300 g/mol. The Morgan fingerprint density at radius 1 is 1.50 bits per heavy atom. The Balaban J connectivity index is 1.62. The lowest BCUT2D eigenvalue weighted by atomic mass is 10.1. The Kier molecular flexibility index (Phi) is 4.43. The number of anilines is 1. The van der Waals surface area contributed by atoms with Crippen LogP contribution in [0.1, 0.15) is 31.2 Å². The number of rotatable bonds is 5. The second-order valence-corrected chi connectivity index (χ2v) is 5.64. The molecule has 1 aliphatic heterocycles. The molecule has 1 aromatic carbocycles. The summed E-state index contributed by atoms with van der Waals surface area (Å²) in [6.45, 7) is 3.05. The maximum atomic E-state index is 12.1. The van der Waals surface area contributed by atoms with Crippen LogP contribution in [0.4, 0.5) is 5.69 Å². The highest BCUT2D eigenvalue weighted by Crippen LogP contribution is 2.19.